The molecule has 0 radical (unpaired) electrons. The van der Waals surface area contributed by atoms with E-state index in [9.17, 15) is 0 Å². The van der Waals surface area contributed by atoms with Gasteiger partial charge in [-0.05, 0) is 81.9 Å². The fourth-order valence-electron chi connectivity index (χ4n) is 4.28. The number of rotatable bonds is 8. The molecular formula is C32H34N2O2. The van der Waals surface area contributed by atoms with E-state index in [1.807, 2.05) is 24.3 Å². The minimum absolute atomic E-state index is 0.833. The zero-order chi connectivity index (χ0) is 25.7. The fraction of sp³-hybridized carbons (Fsp3) is 0.188. The van der Waals surface area contributed by atoms with Gasteiger partial charge in [0.25, 0.3) is 0 Å². The van der Waals surface area contributed by atoms with E-state index in [0.717, 1.165) is 50.7 Å². The molecule has 0 amide bonds. The Kier molecular flexibility index (Phi) is 7.65. The van der Waals surface area contributed by atoms with E-state index in [0.29, 0.717) is 0 Å². The Morgan fingerprint density at radius 3 is 0.889 bits per heavy atom. The predicted octanol–water partition coefficient (Wildman–Crippen LogP) is 6.84. The van der Waals surface area contributed by atoms with Crippen LogP contribution in [0.4, 0.5) is 11.4 Å². The van der Waals surface area contributed by atoms with Gasteiger partial charge in [-0.25, -0.2) is 0 Å². The van der Waals surface area contributed by atoms with Gasteiger partial charge in [0.05, 0.1) is 14.2 Å². The lowest BCUT2D eigenvalue weighted by atomic mass is 9.85. The first-order valence-corrected chi connectivity index (χ1v) is 12.0. The van der Waals surface area contributed by atoms with Gasteiger partial charge in [0.1, 0.15) is 11.5 Å². The van der Waals surface area contributed by atoms with Crippen molar-refractivity contribution in [2.24, 2.45) is 0 Å². The van der Waals surface area contributed by atoms with Gasteiger partial charge in [-0.2, -0.15) is 0 Å². The quantitative estimate of drug-likeness (QED) is 0.259. The summed E-state index contributed by atoms with van der Waals surface area (Å²) in [5, 5.41) is 0. The topological polar surface area (TPSA) is 24.9 Å². The standard InChI is InChI=1S/C32H34N2O2/c1-33(2)27-15-7-23(8-16-27)31(24-9-17-28(18-10-24)34(3)4)32(25-11-19-29(35-5)20-12-25)26-13-21-30(36-6)22-14-26/h7-22H,1-6H3. The maximum Gasteiger partial charge on any atom is 0.118 e. The number of hydrogen-bond acceptors (Lipinski definition) is 4. The molecule has 4 rings (SSSR count). The van der Waals surface area contributed by atoms with Crippen LogP contribution in [-0.2, 0) is 0 Å². The average Bonchev–Trinajstić information content (AvgIpc) is 2.92. The fourth-order valence-corrected chi connectivity index (χ4v) is 4.28. The molecule has 0 unspecified atom stereocenters. The smallest absolute Gasteiger partial charge is 0.118 e. The highest BCUT2D eigenvalue weighted by Crippen LogP contribution is 2.38. The van der Waals surface area contributed by atoms with Gasteiger partial charge in [-0.15, -0.1) is 0 Å². The highest BCUT2D eigenvalue weighted by Gasteiger charge is 2.17. The zero-order valence-corrected chi connectivity index (χ0v) is 21.9. The van der Waals surface area contributed by atoms with Crippen molar-refractivity contribution in [2.75, 3.05) is 52.2 Å². The van der Waals surface area contributed by atoms with Crippen LogP contribution in [0, 0.1) is 0 Å². The van der Waals surface area contributed by atoms with Gasteiger partial charge in [0.15, 0.2) is 0 Å². The highest BCUT2D eigenvalue weighted by atomic mass is 16.5. The first kappa shape index (κ1) is 24.9. The second-order valence-corrected chi connectivity index (χ2v) is 9.09. The molecule has 0 bridgehead atoms. The third-order valence-corrected chi connectivity index (χ3v) is 6.35. The van der Waals surface area contributed by atoms with Crippen molar-refractivity contribution >= 4 is 22.5 Å². The van der Waals surface area contributed by atoms with E-state index in [1.54, 1.807) is 14.2 Å². The first-order valence-electron chi connectivity index (χ1n) is 12.0. The Balaban J connectivity index is 2.02. The van der Waals surface area contributed by atoms with Crippen LogP contribution >= 0.6 is 0 Å². The minimum Gasteiger partial charge on any atom is -0.497 e. The average molecular weight is 479 g/mol. The Hall–Kier alpha value is -4.18. The number of hydrogen-bond donors (Lipinski definition) is 0. The lowest BCUT2D eigenvalue weighted by Gasteiger charge is -2.20. The number of methoxy groups -OCH3 is 2. The van der Waals surface area contributed by atoms with Gasteiger partial charge < -0.3 is 19.3 Å². The molecule has 36 heavy (non-hydrogen) atoms. The molecule has 0 saturated heterocycles. The van der Waals surface area contributed by atoms with Crippen LogP contribution in [0.25, 0.3) is 11.1 Å². The van der Waals surface area contributed by atoms with E-state index >= 15 is 0 Å². The molecule has 0 N–H and O–H groups in total. The van der Waals surface area contributed by atoms with E-state index < -0.39 is 0 Å². The summed E-state index contributed by atoms with van der Waals surface area (Å²) in [4.78, 5) is 4.24. The first-order chi connectivity index (χ1) is 17.4. The molecule has 0 aliphatic heterocycles. The SMILES string of the molecule is COc1ccc(C(=C(c2ccc(N(C)C)cc2)c2ccc(N(C)C)cc2)c2ccc(OC)cc2)cc1. The molecule has 0 spiro atoms. The van der Waals surface area contributed by atoms with Crippen molar-refractivity contribution in [3.05, 3.63) is 119 Å². The molecule has 0 saturated carbocycles. The Morgan fingerprint density at radius 2 is 0.667 bits per heavy atom. The molecule has 4 nitrogen and oxygen atoms in total. The largest absolute Gasteiger partial charge is 0.497 e. The summed E-state index contributed by atoms with van der Waals surface area (Å²) in [5.74, 6) is 1.67. The molecule has 0 atom stereocenters. The molecule has 0 heterocycles. The normalized spacial score (nSPS) is 10.5. The van der Waals surface area contributed by atoms with Gasteiger partial charge in [-0.3, -0.25) is 0 Å². The summed E-state index contributed by atoms with van der Waals surface area (Å²) in [6.07, 6.45) is 0. The summed E-state index contributed by atoms with van der Waals surface area (Å²) >= 11 is 0. The molecular weight excluding hydrogens is 444 g/mol. The van der Waals surface area contributed by atoms with E-state index in [4.69, 9.17) is 9.47 Å². The maximum absolute atomic E-state index is 5.44. The summed E-state index contributed by atoms with van der Waals surface area (Å²) < 4.78 is 10.9. The van der Waals surface area contributed by atoms with Crippen molar-refractivity contribution in [3.63, 3.8) is 0 Å². The van der Waals surface area contributed by atoms with E-state index in [1.165, 1.54) is 5.57 Å². The van der Waals surface area contributed by atoms with Crippen molar-refractivity contribution in [1.29, 1.82) is 0 Å². The lowest BCUT2D eigenvalue weighted by molar-refractivity contribution is 0.414. The van der Waals surface area contributed by atoms with Crippen molar-refractivity contribution < 1.29 is 9.47 Å². The van der Waals surface area contributed by atoms with Crippen LogP contribution in [0.2, 0.25) is 0 Å². The second kappa shape index (κ2) is 11.0. The van der Waals surface area contributed by atoms with E-state index in [-0.39, 0.29) is 0 Å². The van der Waals surface area contributed by atoms with Crippen LogP contribution in [0.1, 0.15) is 22.3 Å². The van der Waals surface area contributed by atoms with Crippen molar-refractivity contribution in [3.8, 4) is 11.5 Å². The van der Waals surface area contributed by atoms with Crippen LogP contribution in [0.3, 0.4) is 0 Å². The lowest BCUT2D eigenvalue weighted by Crippen LogP contribution is -2.09. The summed E-state index contributed by atoms with van der Waals surface area (Å²) in [7, 11) is 11.6. The Bertz CT molecular complexity index is 1200. The van der Waals surface area contributed by atoms with Crippen molar-refractivity contribution in [2.45, 2.75) is 0 Å². The zero-order valence-electron chi connectivity index (χ0n) is 21.9. The summed E-state index contributed by atoms with van der Waals surface area (Å²) in [6.45, 7) is 0. The third-order valence-electron chi connectivity index (χ3n) is 6.35. The molecule has 0 aliphatic rings. The Morgan fingerprint density at radius 1 is 0.417 bits per heavy atom. The van der Waals surface area contributed by atoms with Crippen LogP contribution in [0.5, 0.6) is 11.5 Å². The summed E-state index contributed by atoms with van der Waals surface area (Å²) in [6, 6.07) is 34.1. The van der Waals surface area contributed by atoms with Crippen molar-refractivity contribution in [1.82, 2.24) is 0 Å². The highest BCUT2D eigenvalue weighted by molar-refractivity contribution is 6.04. The number of anilines is 2. The van der Waals surface area contributed by atoms with Gasteiger partial charge in [0.2, 0.25) is 0 Å². The summed E-state index contributed by atoms with van der Waals surface area (Å²) in [5.41, 5.74) is 9.18. The van der Waals surface area contributed by atoms with Crippen LogP contribution in [0.15, 0.2) is 97.1 Å². The van der Waals surface area contributed by atoms with Crippen LogP contribution < -0.4 is 19.3 Å². The molecule has 0 aliphatic carbocycles. The third kappa shape index (κ3) is 5.38. The molecule has 0 aromatic heterocycles. The van der Waals surface area contributed by atoms with Gasteiger partial charge in [0, 0.05) is 39.6 Å². The molecule has 4 aromatic carbocycles. The van der Waals surface area contributed by atoms with Gasteiger partial charge in [-0.1, -0.05) is 48.5 Å². The number of benzene rings is 4. The predicted molar refractivity (Wildman–Crippen MR) is 153 cm³/mol. The minimum atomic E-state index is 0.833. The second-order valence-electron chi connectivity index (χ2n) is 9.09. The molecule has 4 heteroatoms. The number of ether oxygens (including phenoxy) is 2. The molecule has 4 aromatic rings. The monoisotopic (exact) mass is 478 g/mol. The molecule has 0 fully saturated rings. The van der Waals surface area contributed by atoms with Gasteiger partial charge >= 0.3 is 0 Å². The maximum atomic E-state index is 5.44. The number of nitrogens with zero attached hydrogens (tertiary/aromatic N) is 2. The van der Waals surface area contributed by atoms with E-state index in [2.05, 4.69) is 111 Å². The molecule has 184 valence electrons. The van der Waals surface area contributed by atoms with Crippen LogP contribution in [-0.4, -0.2) is 42.4 Å². The Labute approximate surface area is 215 Å².